The van der Waals surface area contributed by atoms with Gasteiger partial charge in [0.1, 0.15) is 0 Å². The van der Waals surface area contributed by atoms with Crippen LogP contribution in [0, 0.1) is 0 Å². The molecule has 0 radical (unpaired) electrons. The average Bonchev–Trinajstić information content (AvgIpc) is 3.06. The molecule has 0 fully saturated rings. The number of fused-ring (bicyclic) bond motifs is 2. The van der Waals surface area contributed by atoms with Crippen molar-refractivity contribution >= 4 is 74.7 Å². The summed E-state index contributed by atoms with van der Waals surface area (Å²) in [5.74, 6) is 0. The Hall–Kier alpha value is -0.680. The molecule has 100 valence electrons. The zero-order valence-electron chi connectivity index (χ0n) is 10.3. The molecular formula is C16H10Br2S2. The molecule has 0 saturated heterocycles. The van der Waals surface area contributed by atoms with Gasteiger partial charge in [-0.3, -0.25) is 0 Å². The fourth-order valence-corrected chi connectivity index (χ4v) is 4.17. The van der Waals surface area contributed by atoms with Gasteiger partial charge in [0.2, 0.25) is 0 Å². The van der Waals surface area contributed by atoms with Crippen LogP contribution in [0.3, 0.4) is 0 Å². The largest absolute Gasteiger partial charge is 0.144 e. The Bertz CT molecular complexity index is 774. The standard InChI is InChI=1S/2C8H5BrS/c2*9-7-1-2-8-6(5-7)3-4-10-8/h2*1-5H. The van der Waals surface area contributed by atoms with Gasteiger partial charge in [-0.15, -0.1) is 22.7 Å². The van der Waals surface area contributed by atoms with Crippen LogP contribution in [-0.2, 0) is 0 Å². The van der Waals surface area contributed by atoms with Crippen molar-refractivity contribution in [1.82, 2.24) is 0 Å². The number of rotatable bonds is 0. The van der Waals surface area contributed by atoms with Crippen molar-refractivity contribution in [2.45, 2.75) is 0 Å². The first kappa shape index (κ1) is 14.3. The third kappa shape index (κ3) is 3.31. The Labute approximate surface area is 142 Å². The van der Waals surface area contributed by atoms with Crippen LogP contribution in [0.15, 0.2) is 68.2 Å². The first-order valence-corrected chi connectivity index (χ1v) is 9.32. The van der Waals surface area contributed by atoms with Crippen LogP contribution in [0.2, 0.25) is 0 Å². The molecule has 2 aromatic carbocycles. The van der Waals surface area contributed by atoms with Gasteiger partial charge in [0.25, 0.3) is 0 Å². The Morgan fingerprint density at radius 2 is 1.05 bits per heavy atom. The van der Waals surface area contributed by atoms with E-state index in [2.05, 4.69) is 91.2 Å². The Morgan fingerprint density at radius 1 is 0.600 bits per heavy atom. The van der Waals surface area contributed by atoms with Gasteiger partial charge in [-0.25, -0.2) is 0 Å². The fraction of sp³-hybridized carbons (Fsp3) is 0. The lowest BCUT2D eigenvalue weighted by Crippen LogP contribution is -1.61. The summed E-state index contributed by atoms with van der Waals surface area (Å²) in [6, 6.07) is 16.9. The molecule has 0 amide bonds. The highest BCUT2D eigenvalue weighted by Crippen LogP contribution is 2.24. The van der Waals surface area contributed by atoms with Gasteiger partial charge in [0.15, 0.2) is 0 Å². The molecule has 0 N–H and O–H groups in total. The molecule has 20 heavy (non-hydrogen) atoms. The maximum absolute atomic E-state index is 3.42. The van der Waals surface area contributed by atoms with E-state index in [0.717, 1.165) is 8.95 Å². The van der Waals surface area contributed by atoms with E-state index in [1.807, 2.05) is 0 Å². The quantitative estimate of drug-likeness (QED) is 0.276. The molecule has 0 unspecified atom stereocenters. The third-order valence-corrected chi connectivity index (χ3v) is 5.61. The van der Waals surface area contributed by atoms with Gasteiger partial charge in [-0.2, -0.15) is 0 Å². The summed E-state index contributed by atoms with van der Waals surface area (Å²) in [6.07, 6.45) is 0. The van der Waals surface area contributed by atoms with Crippen LogP contribution in [0.1, 0.15) is 0 Å². The first-order chi connectivity index (χ1) is 9.72. The summed E-state index contributed by atoms with van der Waals surface area (Å²) in [5, 5.41) is 6.85. The molecule has 0 bridgehead atoms. The predicted molar refractivity (Wildman–Crippen MR) is 99.1 cm³/mol. The Morgan fingerprint density at radius 3 is 1.50 bits per heavy atom. The molecule has 4 heteroatoms. The van der Waals surface area contributed by atoms with E-state index in [1.54, 1.807) is 22.7 Å². The zero-order chi connectivity index (χ0) is 13.9. The molecular weight excluding hydrogens is 416 g/mol. The second kappa shape index (κ2) is 6.39. The minimum atomic E-state index is 1.15. The Balaban J connectivity index is 0.000000121. The van der Waals surface area contributed by atoms with Gasteiger partial charge in [-0.1, -0.05) is 31.9 Å². The lowest BCUT2D eigenvalue weighted by molar-refractivity contribution is 1.77. The van der Waals surface area contributed by atoms with E-state index in [1.165, 1.54) is 20.2 Å². The molecule has 2 heterocycles. The average molecular weight is 426 g/mol. The molecule has 2 aromatic heterocycles. The number of hydrogen-bond acceptors (Lipinski definition) is 2. The summed E-state index contributed by atoms with van der Waals surface area (Å²) in [4.78, 5) is 0. The second-order valence-electron chi connectivity index (χ2n) is 4.21. The summed E-state index contributed by atoms with van der Waals surface area (Å²) >= 11 is 10.4. The molecule has 4 rings (SSSR count). The number of thiophene rings is 2. The summed E-state index contributed by atoms with van der Waals surface area (Å²) in [6.45, 7) is 0. The summed E-state index contributed by atoms with van der Waals surface area (Å²) < 4.78 is 5.00. The fourth-order valence-electron chi connectivity index (χ4n) is 1.88. The topological polar surface area (TPSA) is 0 Å². The van der Waals surface area contributed by atoms with Crippen molar-refractivity contribution in [2.75, 3.05) is 0 Å². The molecule has 0 spiro atoms. The Kier molecular flexibility index (Phi) is 4.56. The first-order valence-electron chi connectivity index (χ1n) is 5.98. The normalized spacial score (nSPS) is 10.5. The molecule has 0 nitrogen and oxygen atoms in total. The van der Waals surface area contributed by atoms with Crippen molar-refractivity contribution in [3.05, 3.63) is 68.2 Å². The summed E-state index contributed by atoms with van der Waals surface area (Å²) in [5.41, 5.74) is 0. The van der Waals surface area contributed by atoms with Gasteiger partial charge in [0, 0.05) is 18.3 Å². The van der Waals surface area contributed by atoms with Crippen molar-refractivity contribution < 1.29 is 0 Å². The van der Waals surface area contributed by atoms with E-state index >= 15 is 0 Å². The van der Waals surface area contributed by atoms with Crippen molar-refractivity contribution in [2.24, 2.45) is 0 Å². The monoisotopic (exact) mass is 424 g/mol. The number of benzene rings is 2. The molecule has 0 atom stereocenters. The minimum absolute atomic E-state index is 1.15. The van der Waals surface area contributed by atoms with Crippen LogP contribution >= 0.6 is 54.5 Å². The highest BCUT2D eigenvalue weighted by molar-refractivity contribution is 9.10. The molecule has 0 saturated carbocycles. The molecule has 0 aliphatic carbocycles. The highest BCUT2D eigenvalue weighted by atomic mass is 79.9. The molecule has 0 aliphatic heterocycles. The van der Waals surface area contributed by atoms with Crippen molar-refractivity contribution in [3.63, 3.8) is 0 Å². The van der Waals surface area contributed by atoms with E-state index in [-0.39, 0.29) is 0 Å². The van der Waals surface area contributed by atoms with E-state index in [9.17, 15) is 0 Å². The predicted octanol–water partition coefficient (Wildman–Crippen LogP) is 7.33. The second-order valence-corrected chi connectivity index (χ2v) is 7.93. The van der Waals surface area contributed by atoms with Crippen LogP contribution in [0.25, 0.3) is 20.2 Å². The van der Waals surface area contributed by atoms with Crippen LogP contribution < -0.4 is 0 Å². The number of halogens is 2. The molecule has 4 aromatic rings. The van der Waals surface area contributed by atoms with Gasteiger partial charge >= 0.3 is 0 Å². The van der Waals surface area contributed by atoms with Gasteiger partial charge in [-0.05, 0) is 70.1 Å². The van der Waals surface area contributed by atoms with Crippen LogP contribution in [0.4, 0.5) is 0 Å². The van der Waals surface area contributed by atoms with Gasteiger partial charge < -0.3 is 0 Å². The van der Waals surface area contributed by atoms with Crippen molar-refractivity contribution in [3.8, 4) is 0 Å². The lowest BCUT2D eigenvalue weighted by Gasteiger charge is -1.88. The summed E-state index contributed by atoms with van der Waals surface area (Å²) in [7, 11) is 0. The van der Waals surface area contributed by atoms with E-state index in [4.69, 9.17) is 0 Å². The molecule has 0 aliphatic rings. The maximum Gasteiger partial charge on any atom is 0.0343 e. The lowest BCUT2D eigenvalue weighted by atomic mass is 10.3. The maximum atomic E-state index is 3.42. The van der Waals surface area contributed by atoms with E-state index < -0.39 is 0 Å². The van der Waals surface area contributed by atoms with E-state index in [0.29, 0.717) is 0 Å². The third-order valence-electron chi connectivity index (χ3n) is 2.83. The zero-order valence-corrected chi connectivity index (χ0v) is 15.2. The highest BCUT2D eigenvalue weighted by Gasteiger charge is 1.93. The smallest absolute Gasteiger partial charge is 0.0343 e. The van der Waals surface area contributed by atoms with Crippen LogP contribution in [0.5, 0.6) is 0 Å². The van der Waals surface area contributed by atoms with Crippen LogP contribution in [-0.4, -0.2) is 0 Å². The number of hydrogen-bond donors (Lipinski definition) is 0. The van der Waals surface area contributed by atoms with Crippen molar-refractivity contribution in [1.29, 1.82) is 0 Å². The minimum Gasteiger partial charge on any atom is -0.144 e. The van der Waals surface area contributed by atoms with Gasteiger partial charge in [0.05, 0.1) is 0 Å². The SMILES string of the molecule is Brc1ccc2sccc2c1.Brc1ccc2sccc2c1.